The van der Waals surface area contributed by atoms with Crippen LogP contribution in [0.1, 0.15) is 32.4 Å². The Morgan fingerprint density at radius 3 is 2.50 bits per heavy atom. The third-order valence-electron chi connectivity index (χ3n) is 4.33. The van der Waals surface area contributed by atoms with E-state index in [0.717, 1.165) is 5.56 Å². The SMILES string of the molecule is CC(C)(C)C(O)(Cn1cncn1)C1OC1c1ccc(Cl)cc1. The minimum atomic E-state index is -1.05. The molecule has 22 heavy (non-hydrogen) atoms. The lowest BCUT2D eigenvalue weighted by molar-refractivity contribution is -0.0925. The third-order valence-corrected chi connectivity index (χ3v) is 4.58. The van der Waals surface area contributed by atoms with E-state index in [9.17, 15) is 5.11 Å². The fourth-order valence-corrected chi connectivity index (χ4v) is 2.82. The molecule has 0 amide bonds. The van der Waals surface area contributed by atoms with Gasteiger partial charge in [-0.15, -0.1) is 0 Å². The molecule has 1 aromatic heterocycles. The van der Waals surface area contributed by atoms with Crippen molar-refractivity contribution in [1.29, 1.82) is 0 Å². The molecule has 6 heteroatoms. The molecule has 0 spiro atoms. The van der Waals surface area contributed by atoms with Crippen LogP contribution in [0.5, 0.6) is 0 Å². The highest BCUT2D eigenvalue weighted by Gasteiger charge is 2.60. The number of ether oxygens (including phenoxy) is 1. The summed E-state index contributed by atoms with van der Waals surface area (Å²) < 4.78 is 7.47. The number of benzene rings is 1. The summed E-state index contributed by atoms with van der Waals surface area (Å²) in [5, 5.41) is 16.1. The number of aromatic nitrogens is 3. The van der Waals surface area contributed by atoms with Gasteiger partial charge in [0, 0.05) is 5.02 Å². The van der Waals surface area contributed by atoms with Crippen molar-refractivity contribution in [1.82, 2.24) is 14.8 Å². The number of hydrogen-bond donors (Lipinski definition) is 1. The highest BCUT2D eigenvalue weighted by molar-refractivity contribution is 6.30. The van der Waals surface area contributed by atoms with Crippen LogP contribution < -0.4 is 0 Å². The van der Waals surface area contributed by atoms with Gasteiger partial charge in [-0.2, -0.15) is 5.10 Å². The van der Waals surface area contributed by atoms with Gasteiger partial charge in [0.2, 0.25) is 0 Å². The Morgan fingerprint density at radius 1 is 1.27 bits per heavy atom. The summed E-state index contributed by atoms with van der Waals surface area (Å²) in [6, 6.07) is 7.55. The van der Waals surface area contributed by atoms with E-state index in [4.69, 9.17) is 16.3 Å². The summed E-state index contributed by atoms with van der Waals surface area (Å²) in [6.45, 7) is 6.35. The average Bonchev–Trinajstić information content (AvgIpc) is 3.09. The average molecular weight is 322 g/mol. The molecule has 1 aliphatic rings. The predicted molar refractivity (Wildman–Crippen MR) is 83.5 cm³/mol. The summed E-state index contributed by atoms with van der Waals surface area (Å²) in [4.78, 5) is 3.94. The quantitative estimate of drug-likeness (QED) is 0.880. The highest BCUT2D eigenvalue weighted by Crippen LogP contribution is 2.51. The predicted octanol–water partition coefficient (Wildman–Crippen LogP) is 2.85. The Bertz CT molecular complexity index is 636. The molecular formula is C16H20ClN3O2. The summed E-state index contributed by atoms with van der Waals surface area (Å²) in [7, 11) is 0. The lowest BCUT2D eigenvalue weighted by atomic mass is 9.73. The molecule has 1 aliphatic heterocycles. The van der Waals surface area contributed by atoms with Crippen molar-refractivity contribution in [3.63, 3.8) is 0 Å². The lowest BCUT2D eigenvalue weighted by Gasteiger charge is -2.39. The molecule has 2 heterocycles. The van der Waals surface area contributed by atoms with E-state index in [0.29, 0.717) is 11.6 Å². The van der Waals surface area contributed by atoms with Gasteiger partial charge in [0.1, 0.15) is 30.5 Å². The highest BCUT2D eigenvalue weighted by atomic mass is 35.5. The van der Waals surface area contributed by atoms with Gasteiger partial charge in [-0.3, -0.25) is 0 Å². The van der Waals surface area contributed by atoms with Crippen LogP contribution in [0.3, 0.4) is 0 Å². The minimum Gasteiger partial charge on any atom is -0.385 e. The van der Waals surface area contributed by atoms with Crippen LogP contribution in [0.15, 0.2) is 36.9 Å². The topological polar surface area (TPSA) is 63.5 Å². The molecule has 3 atom stereocenters. The fraction of sp³-hybridized carbons (Fsp3) is 0.500. The maximum atomic E-state index is 11.3. The minimum absolute atomic E-state index is 0.120. The van der Waals surface area contributed by atoms with E-state index < -0.39 is 5.60 Å². The van der Waals surface area contributed by atoms with Crippen molar-refractivity contribution in [2.75, 3.05) is 0 Å². The smallest absolute Gasteiger partial charge is 0.137 e. The van der Waals surface area contributed by atoms with Crippen molar-refractivity contribution in [2.45, 2.75) is 45.1 Å². The summed E-state index contributed by atoms with van der Waals surface area (Å²) >= 11 is 5.92. The maximum absolute atomic E-state index is 11.3. The van der Waals surface area contributed by atoms with Gasteiger partial charge >= 0.3 is 0 Å². The van der Waals surface area contributed by atoms with Gasteiger partial charge < -0.3 is 9.84 Å². The fourth-order valence-electron chi connectivity index (χ4n) is 2.70. The standard InChI is InChI=1S/C16H20ClN3O2/c1-15(2,3)16(21,8-20-10-18-9-19-20)14-13(22-14)11-4-6-12(17)7-5-11/h4-7,9-10,13-14,21H,8H2,1-3H3. The second-order valence-corrected chi connectivity index (χ2v) is 7.23. The molecule has 0 bridgehead atoms. The molecule has 1 N–H and O–H groups in total. The first-order chi connectivity index (χ1) is 10.3. The van der Waals surface area contributed by atoms with E-state index >= 15 is 0 Å². The number of hydrogen-bond acceptors (Lipinski definition) is 4. The first-order valence-corrected chi connectivity index (χ1v) is 7.65. The normalized spacial score (nSPS) is 24.0. The molecule has 5 nitrogen and oxygen atoms in total. The first-order valence-electron chi connectivity index (χ1n) is 7.27. The molecule has 3 rings (SSSR count). The van der Waals surface area contributed by atoms with Gasteiger partial charge in [-0.25, -0.2) is 9.67 Å². The zero-order valence-electron chi connectivity index (χ0n) is 12.9. The van der Waals surface area contributed by atoms with Crippen molar-refractivity contribution in [3.05, 3.63) is 47.5 Å². The van der Waals surface area contributed by atoms with Crippen LogP contribution in [0, 0.1) is 5.41 Å². The van der Waals surface area contributed by atoms with Gasteiger partial charge in [0.05, 0.1) is 6.54 Å². The second-order valence-electron chi connectivity index (χ2n) is 6.80. The molecule has 1 fully saturated rings. The van der Waals surface area contributed by atoms with E-state index in [2.05, 4.69) is 10.1 Å². The van der Waals surface area contributed by atoms with Crippen molar-refractivity contribution < 1.29 is 9.84 Å². The van der Waals surface area contributed by atoms with Crippen molar-refractivity contribution in [3.8, 4) is 0 Å². The van der Waals surface area contributed by atoms with E-state index in [1.165, 1.54) is 6.33 Å². The van der Waals surface area contributed by atoms with Crippen molar-refractivity contribution >= 4 is 11.6 Å². The second kappa shape index (κ2) is 5.33. The van der Waals surface area contributed by atoms with Crippen LogP contribution in [-0.4, -0.2) is 31.6 Å². The molecule has 0 aliphatic carbocycles. The summed E-state index contributed by atoms with van der Waals surface area (Å²) in [5.41, 5.74) is -0.397. The molecule has 118 valence electrons. The number of epoxide rings is 1. The number of halogens is 1. The van der Waals surface area contributed by atoms with Crippen LogP contribution >= 0.6 is 11.6 Å². The van der Waals surface area contributed by atoms with Crippen LogP contribution in [-0.2, 0) is 11.3 Å². The first kappa shape index (κ1) is 15.5. The monoisotopic (exact) mass is 321 g/mol. The molecular weight excluding hydrogens is 302 g/mol. The number of nitrogens with zero attached hydrogens (tertiary/aromatic N) is 3. The van der Waals surface area contributed by atoms with Crippen molar-refractivity contribution in [2.24, 2.45) is 5.41 Å². The van der Waals surface area contributed by atoms with Gasteiger partial charge in [0.15, 0.2) is 0 Å². The van der Waals surface area contributed by atoms with Crippen LogP contribution in [0.25, 0.3) is 0 Å². The zero-order valence-corrected chi connectivity index (χ0v) is 13.7. The third kappa shape index (κ3) is 2.76. The van der Waals surface area contributed by atoms with E-state index in [1.54, 1.807) is 11.0 Å². The summed E-state index contributed by atoms with van der Waals surface area (Å²) in [5.74, 6) is 0. The molecule has 3 unspecified atom stereocenters. The van der Waals surface area contributed by atoms with E-state index in [-0.39, 0.29) is 17.6 Å². The molecule has 1 saturated heterocycles. The lowest BCUT2D eigenvalue weighted by Crippen LogP contribution is -2.51. The zero-order chi connectivity index (χ0) is 16.0. The molecule has 0 saturated carbocycles. The number of rotatable bonds is 4. The maximum Gasteiger partial charge on any atom is 0.137 e. The summed E-state index contributed by atoms with van der Waals surface area (Å²) in [6.07, 6.45) is 2.67. The Labute approximate surface area is 134 Å². The largest absolute Gasteiger partial charge is 0.385 e. The molecule has 0 radical (unpaired) electrons. The Hall–Kier alpha value is -1.43. The van der Waals surface area contributed by atoms with Gasteiger partial charge in [-0.05, 0) is 23.1 Å². The van der Waals surface area contributed by atoms with Crippen LogP contribution in [0.2, 0.25) is 5.02 Å². The Balaban J connectivity index is 1.84. The van der Waals surface area contributed by atoms with E-state index in [1.807, 2.05) is 45.0 Å². The molecule has 1 aromatic carbocycles. The number of aliphatic hydroxyl groups is 1. The van der Waals surface area contributed by atoms with Crippen LogP contribution in [0.4, 0.5) is 0 Å². The Morgan fingerprint density at radius 2 is 1.95 bits per heavy atom. The van der Waals surface area contributed by atoms with Gasteiger partial charge in [-0.1, -0.05) is 44.5 Å². The Kier molecular flexibility index (Phi) is 3.75. The van der Waals surface area contributed by atoms with Gasteiger partial charge in [0.25, 0.3) is 0 Å². The molecule has 2 aromatic rings.